The average Bonchev–Trinajstić information content (AvgIpc) is 2.64. The number of aromatic hydroxyl groups is 2. The molecule has 0 aliphatic carbocycles. The standard InChI is InChI=1S/C18H18Cl2N2O6/c19-11-1-3-13(23)15(7-11)27-17(25)9-21-5-6-22-10-18(26)28-16-8-12(20)2-4-14(16)24/h1-4,7-8,21-24H,5-6,9-10H2. The van der Waals surface area contributed by atoms with Gasteiger partial charge in [-0.2, -0.15) is 0 Å². The monoisotopic (exact) mass is 428 g/mol. The predicted octanol–water partition coefficient (Wildman–Crippen LogP) is 2.09. The number of halogens is 2. The summed E-state index contributed by atoms with van der Waals surface area (Å²) in [7, 11) is 0. The van der Waals surface area contributed by atoms with Gasteiger partial charge in [0.1, 0.15) is 0 Å². The Bertz CT molecular complexity index is 777. The molecule has 0 aliphatic heterocycles. The molecule has 0 amide bonds. The van der Waals surface area contributed by atoms with E-state index >= 15 is 0 Å². The van der Waals surface area contributed by atoms with Gasteiger partial charge in [0.15, 0.2) is 23.0 Å². The van der Waals surface area contributed by atoms with Crippen molar-refractivity contribution in [3.8, 4) is 23.0 Å². The van der Waals surface area contributed by atoms with Crippen LogP contribution in [0.4, 0.5) is 0 Å². The fourth-order valence-electron chi connectivity index (χ4n) is 2.01. The molecule has 0 radical (unpaired) electrons. The van der Waals surface area contributed by atoms with Crippen LogP contribution < -0.4 is 20.1 Å². The summed E-state index contributed by atoms with van der Waals surface area (Å²) in [4.78, 5) is 23.4. The molecule has 2 aromatic carbocycles. The van der Waals surface area contributed by atoms with E-state index in [0.717, 1.165) is 0 Å². The van der Waals surface area contributed by atoms with E-state index in [1.54, 1.807) is 0 Å². The van der Waals surface area contributed by atoms with Crippen LogP contribution in [-0.2, 0) is 9.59 Å². The molecule has 0 unspecified atom stereocenters. The highest BCUT2D eigenvalue weighted by Gasteiger charge is 2.11. The molecule has 0 aromatic heterocycles. The Balaban J connectivity index is 1.61. The zero-order valence-corrected chi connectivity index (χ0v) is 16.1. The number of ether oxygens (including phenoxy) is 2. The maximum atomic E-state index is 11.7. The number of esters is 2. The normalized spacial score (nSPS) is 10.5. The Morgan fingerprint density at radius 3 is 1.57 bits per heavy atom. The van der Waals surface area contributed by atoms with E-state index in [-0.39, 0.29) is 36.1 Å². The molecule has 2 rings (SSSR count). The Labute approximate surface area is 171 Å². The summed E-state index contributed by atoms with van der Waals surface area (Å²) in [5.41, 5.74) is 0. The van der Waals surface area contributed by atoms with Gasteiger partial charge in [0.05, 0.1) is 13.1 Å². The van der Waals surface area contributed by atoms with E-state index < -0.39 is 11.9 Å². The van der Waals surface area contributed by atoms with Crippen molar-refractivity contribution in [2.24, 2.45) is 0 Å². The molecular weight excluding hydrogens is 411 g/mol. The molecule has 2 aromatic rings. The van der Waals surface area contributed by atoms with Crippen molar-refractivity contribution in [1.29, 1.82) is 0 Å². The van der Waals surface area contributed by atoms with Crippen molar-refractivity contribution in [3.05, 3.63) is 46.4 Å². The van der Waals surface area contributed by atoms with Crippen molar-refractivity contribution < 1.29 is 29.3 Å². The summed E-state index contributed by atoms with van der Waals surface area (Å²) in [5, 5.41) is 25.5. The smallest absolute Gasteiger partial charge is 0.325 e. The van der Waals surface area contributed by atoms with Crippen molar-refractivity contribution in [1.82, 2.24) is 10.6 Å². The zero-order chi connectivity index (χ0) is 20.5. The lowest BCUT2D eigenvalue weighted by molar-refractivity contribution is -0.134. The summed E-state index contributed by atoms with van der Waals surface area (Å²) in [6, 6.07) is 8.25. The molecule has 8 nitrogen and oxygen atoms in total. The first-order valence-electron chi connectivity index (χ1n) is 8.15. The first kappa shape index (κ1) is 21.8. The van der Waals surface area contributed by atoms with E-state index in [2.05, 4.69) is 10.6 Å². The van der Waals surface area contributed by atoms with Gasteiger partial charge in [0.2, 0.25) is 0 Å². The number of rotatable bonds is 9. The number of nitrogens with one attached hydrogen (secondary N) is 2. The second kappa shape index (κ2) is 10.7. The number of phenols is 2. The molecule has 10 heteroatoms. The first-order chi connectivity index (χ1) is 13.3. The molecule has 0 spiro atoms. The van der Waals surface area contributed by atoms with Gasteiger partial charge in [0.25, 0.3) is 0 Å². The van der Waals surface area contributed by atoms with Gasteiger partial charge in [-0.05, 0) is 24.3 Å². The number of carbonyl (C=O) groups is 2. The van der Waals surface area contributed by atoms with E-state index in [1.165, 1.54) is 36.4 Å². The molecule has 0 atom stereocenters. The molecule has 0 saturated carbocycles. The topological polar surface area (TPSA) is 117 Å². The van der Waals surface area contributed by atoms with Crippen molar-refractivity contribution in [2.45, 2.75) is 0 Å². The van der Waals surface area contributed by atoms with E-state index in [4.69, 9.17) is 32.7 Å². The van der Waals surface area contributed by atoms with Gasteiger partial charge < -0.3 is 30.3 Å². The highest BCUT2D eigenvalue weighted by atomic mass is 35.5. The van der Waals surface area contributed by atoms with Crippen molar-refractivity contribution in [3.63, 3.8) is 0 Å². The van der Waals surface area contributed by atoms with Gasteiger partial charge >= 0.3 is 11.9 Å². The van der Waals surface area contributed by atoms with Crippen LogP contribution in [0.25, 0.3) is 0 Å². The Morgan fingerprint density at radius 1 is 0.786 bits per heavy atom. The molecule has 0 heterocycles. The summed E-state index contributed by atoms with van der Waals surface area (Å²) in [6.45, 7) is 0.529. The van der Waals surface area contributed by atoms with E-state index in [0.29, 0.717) is 23.1 Å². The highest BCUT2D eigenvalue weighted by Crippen LogP contribution is 2.29. The molecule has 0 saturated heterocycles. The Hall–Kier alpha value is -2.52. The third-order valence-electron chi connectivity index (χ3n) is 3.31. The van der Waals surface area contributed by atoms with Crippen LogP contribution in [0.2, 0.25) is 10.0 Å². The molecule has 150 valence electrons. The summed E-state index contributed by atoms with van der Waals surface area (Å²) in [5.74, 6) is -1.64. The minimum Gasteiger partial charge on any atom is -0.504 e. The molecule has 0 fully saturated rings. The van der Waals surface area contributed by atoms with Crippen LogP contribution >= 0.6 is 23.2 Å². The van der Waals surface area contributed by atoms with Crippen LogP contribution in [-0.4, -0.2) is 48.3 Å². The summed E-state index contributed by atoms with van der Waals surface area (Å²) >= 11 is 11.5. The van der Waals surface area contributed by atoms with Crippen LogP contribution in [0.3, 0.4) is 0 Å². The fraction of sp³-hybridized carbons (Fsp3) is 0.222. The molecule has 4 N–H and O–H groups in total. The van der Waals surface area contributed by atoms with Crippen LogP contribution in [0, 0.1) is 0 Å². The number of hydrogen-bond donors (Lipinski definition) is 4. The molecule has 0 bridgehead atoms. The minimum atomic E-state index is -0.603. The van der Waals surface area contributed by atoms with Gasteiger partial charge in [-0.15, -0.1) is 0 Å². The van der Waals surface area contributed by atoms with Crippen LogP contribution in [0.1, 0.15) is 0 Å². The number of hydrogen-bond acceptors (Lipinski definition) is 8. The SMILES string of the molecule is O=C(CNCCNCC(=O)Oc1cc(Cl)ccc1O)Oc1cc(Cl)ccc1O. The zero-order valence-electron chi connectivity index (χ0n) is 14.6. The summed E-state index contributed by atoms with van der Waals surface area (Å²) < 4.78 is 9.99. The average molecular weight is 429 g/mol. The molecule has 28 heavy (non-hydrogen) atoms. The third kappa shape index (κ3) is 7.24. The third-order valence-corrected chi connectivity index (χ3v) is 3.78. The van der Waals surface area contributed by atoms with E-state index in [9.17, 15) is 19.8 Å². The molecule has 0 aliphatic rings. The largest absolute Gasteiger partial charge is 0.504 e. The van der Waals surface area contributed by atoms with Gasteiger partial charge in [-0.1, -0.05) is 23.2 Å². The van der Waals surface area contributed by atoms with Gasteiger partial charge in [0, 0.05) is 35.3 Å². The van der Waals surface area contributed by atoms with E-state index in [1.807, 2.05) is 0 Å². The quantitative estimate of drug-likeness (QED) is 0.272. The van der Waals surface area contributed by atoms with Crippen LogP contribution in [0.5, 0.6) is 23.0 Å². The Kier molecular flexibility index (Phi) is 8.34. The maximum Gasteiger partial charge on any atom is 0.325 e. The number of benzene rings is 2. The van der Waals surface area contributed by atoms with Crippen molar-refractivity contribution in [2.75, 3.05) is 26.2 Å². The number of phenolic OH excluding ortho intramolecular Hbond substituents is 2. The van der Waals surface area contributed by atoms with Crippen LogP contribution in [0.15, 0.2) is 36.4 Å². The second-order valence-electron chi connectivity index (χ2n) is 5.53. The highest BCUT2D eigenvalue weighted by molar-refractivity contribution is 6.31. The molecular formula is C18H18Cl2N2O6. The Morgan fingerprint density at radius 2 is 1.18 bits per heavy atom. The lowest BCUT2D eigenvalue weighted by atomic mass is 10.3. The van der Waals surface area contributed by atoms with Gasteiger partial charge in [-0.3, -0.25) is 9.59 Å². The minimum absolute atomic E-state index is 0.0237. The predicted molar refractivity (Wildman–Crippen MR) is 103 cm³/mol. The number of carbonyl (C=O) groups excluding carboxylic acids is 2. The fourth-order valence-corrected chi connectivity index (χ4v) is 2.34. The lowest BCUT2D eigenvalue weighted by Crippen LogP contribution is -2.35. The van der Waals surface area contributed by atoms with Gasteiger partial charge in [-0.25, -0.2) is 0 Å². The lowest BCUT2D eigenvalue weighted by Gasteiger charge is -2.09. The van der Waals surface area contributed by atoms with Crippen molar-refractivity contribution >= 4 is 35.1 Å². The second-order valence-corrected chi connectivity index (χ2v) is 6.40. The summed E-state index contributed by atoms with van der Waals surface area (Å²) in [6.07, 6.45) is 0. The first-order valence-corrected chi connectivity index (χ1v) is 8.90. The maximum absolute atomic E-state index is 11.7.